The zero-order chi connectivity index (χ0) is 15.2. The van der Waals surface area contributed by atoms with Crippen molar-refractivity contribution in [3.63, 3.8) is 0 Å². The van der Waals surface area contributed by atoms with Gasteiger partial charge in [-0.05, 0) is 31.9 Å². The van der Waals surface area contributed by atoms with E-state index < -0.39 is 12.1 Å². The summed E-state index contributed by atoms with van der Waals surface area (Å²) < 4.78 is 16.5. The van der Waals surface area contributed by atoms with Crippen molar-refractivity contribution in [2.45, 2.75) is 32.0 Å². The minimum Gasteiger partial charge on any atom is -0.490 e. The molecule has 0 bridgehead atoms. The number of nitriles is 1. The number of nitrogens with zero attached hydrogens (tertiary/aromatic N) is 1. The first-order chi connectivity index (χ1) is 10.1. The first-order valence-corrected chi connectivity index (χ1v) is 6.82. The van der Waals surface area contributed by atoms with Gasteiger partial charge in [0.1, 0.15) is 6.61 Å². The lowest BCUT2D eigenvalue weighted by atomic mass is 10.2. The van der Waals surface area contributed by atoms with E-state index >= 15 is 0 Å². The molecular weight excluding hydrogens is 274 g/mol. The molecule has 1 aromatic carbocycles. The summed E-state index contributed by atoms with van der Waals surface area (Å²) in [5.41, 5.74) is 0.494. The average molecular weight is 291 g/mol. The van der Waals surface area contributed by atoms with Crippen LogP contribution in [0.5, 0.6) is 11.5 Å². The van der Waals surface area contributed by atoms with Crippen LogP contribution in [0, 0.1) is 11.3 Å². The first kappa shape index (κ1) is 15.1. The van der Waals surface area contributed by atoms with E-state index in [2.05, 4.69) is 0 Å². The Labute approximate surface area is 122 Å². The van der Waals surface area contributed by atoms with Crippen molar-refractivity contribution in [2.75, 3.05) is 13.2 Å². The molecule has 0 radical (unpaired) electrons. The smallest absolute Gasteiger partial charge is 0.332 e. The molecule has 0 aromatic heterocycles. The van der Waals surface area contributed by atoms with Gasteiger partial charge in [-0.2, -0.15) is 5.26 Å². The molecule has 6 nitrogen and oxygen atoms in total. The fourth-order valence-corrected chi connectivity index (χ4v) is 2.16. The van der Waals surface area contributed by atoms with Crippen molar-refractivity contribution < 1.29 is 24.1 Å². The molecule has 2 rings (SSSR count). The molecule has 6 heteroatoms. The minimum absolute atomic E-state index is 0.240. The van der Waals surface area contributed by atoms with Crippen LogP contribution in [0.1, 0.15) is 25.3 Å². The molecule has 1 aromatic rings. The molecule has 112 valence electrons. The number of ether oxygens (including phenoxy) is 3. The highest BCUT2D eigenvalue weighted by Crippen LogP contribution is 2.29. The maximum absolute atomic E-state index is 10.8. The van der Waals surface area contributed by atoms with Gasteiger partial charge < -0.3 is 19.3 Å². The third-order valence-electron chi connectivity index (χ3n) is 3.18. The predicted molar refractivity (Wildman–Crippen MR) is 73.4 cm³/mol. The zero-order valence-electron chi connectivity index (χ0n) is 11.7. The van der Waals surface area contributed by atoms with Crippen molar-refractivity contribution in [1.29, 1.82) is 5.26 Å². The lowest BCUT2D eigenvalue weighted by Gasteiger charge is -2.15. The molecular formula is C15H17NO5. The van der Waals surface area contributed by atoms with E-state index in [-0.39, 0.29) is 12.7 Å². The minimum atomic E-state index is -0.939. The van der Waals surface area contributed by atoms with E-state index in [1.165, 1.54) is 0 Å². The van der Waals surface area contributed by atoms with E-state index in [1.54, 1.807) is 18.2 Å². The van der Waals surface area contributed by atoms with Crippen LogP contribution >= 0.6 is 0 Å². The fraction of sp³-hybridized carbons (Fsp3) is 0.467. The average Bonchev–Trinajstić information content (AvgIpc) is 2.95. The second-order valence-corrected chi connectivity index (χ2v) is 4.68. The standard InChI is InChI=1S/C15H17NO5/c1-2-19-14-7-10(8-16)3-5-12(14)20-9-11-4-6-13(21-11)15(17)18/h3,5,7,11,13H,2,4,6,9H2,1H3,(H,17,18). The van der Waals surface area contributed by atoms with Gasteiger partial charge in [0.2, 0.25) is 0 Å². The molecule has 0 spiro atoms. The SMILES string of the molecule is CCOc1cc(C#N)ccc1OCC1CCC(C(=O)O)O1. The largest absolute Gasteiger partial charge is 0.490 e. The van der Waals surface area contributed by atoms with Gasteiger partial charge in [0.15, 0.2) is 17.6 Å². The Kier molecular flexibility index (Phi) is 5.01. The third kappa shape index (κ3) is 3.86. The van der Waals surface area contributed by atoms with Gasteiger partial charge in [-0.15, -0.1) is 0 Å². The van der Waals surface area contributed by atoms with Gasteiger partial charge in [0.05, 0.1) is 24.3 Å². The number of hydrogen-bond donors (Lipinski definition) is 1. The Morgan fingerprint density at radius 2 is 2.24 bits per heavy atom. The van der Waals surface area contributed by atoms with Gasteiger partial charge in [-0.3, -0.25) is 0 Å². The number of hydrogen-bond acceptors (Lipinski definition) is 5. The van der Waals surface area contributed by atoms with Crippen molar-refractivity contribution in [3.8, 4) is 17.6 Å². The molecule has 1 N–H and O–H groups in total. The maximum Gasteiger partial charge on any atom is 0.332 e. The van der Waals surface area contributed by atoms with Crippen LogP contribution in [0.15, 0.2) is 18.2 Å². The van der Waals surface area contributed by atoms with E-state index in [4.69, 9.17) is 24.6 Å². The quantitative estimate of drug-likeness (QED) is 0.862. The van der Waals surface area contributed by atoms with Gasteiger partial charge in [-0.25, -0.2) is 4.79 Å². The summed E-state index contributed by atoms with van der Waals surface area (Å²) >= 11 is 0. The number of carbonyl (C=O) groups is 1. The monoisotopic (exact) mass is 291 g/mol. The highest BCUT2D eigenvalue weighted by Gasteiger charge is 2.30. The van der Waals surface area contributed by atoms with Crippen LogP contribution in [-0.2, 0) is 9.53 Å². The number of carboxylic acid groups (broad SMARTS) is 1. The van der Waals surface area contributed by atoms with E-state index in [0.717, 1.165) is 0 Å². The molecule has 1 aliphatic heterocycles. The summed E-state index contributed by atoms with van der Waals surface area (Å²) in [6, 6.07) is 6.98. The molecule has 1 heterocycles. The van der Waals surface area contributed by atoms with Gasteiger partial charge in [0.25, 0.3) is 0 Å². The third-order valence-corrected chi connectivity index (χ3v) is 3.18. The van der Waals surface area contributed by atoms with Crippen LogP contribution in [0.2, 0.25) is 0 Å². The van der Waals surface area contributed by atoms with Crippen LogP contribution in [0.25, 0.3) is 0 Å². The van der Waals surface area contributed by atoms with Crippen molar-refractivity contribution in [2.24, 2.45) is 0 Å². The zero-order valence-corrected chi connectivity index (χ0v) is 11.7. The molecule has 1 saturated heterocycles. The molecule has 21 heavy (non-hydrogen) atoms. The Morgan fingerprint density at radius 3 is 2.86 bits per heavy atom. The fourth-order valence-electron chi connectivity index (χ4n) is 2.16. The lowest BCUT2D eigenvalue weighted by Crippen LogP contribution is -2.23. The number of carboxylic acids is 1. The highest BCUT2D eigenvalue weighted by atomic mass is 16.6. The Bertz CT molecular complexity index is 551. The van der Waals surface area contributed by atoms with Crippen LogP contribution in [0.4, 0.5) is 0 Å². The van der Waals surface area contributed by atoms with Crippen molar-refractivity contribution in [1.82, 2.24) is 0 Å². The van der Waals surface area contributed by atoms with E-state index in [1.807, 2.05) is 13.0 Å². The first-order valence-electron chi connectivity index (χ1n) is 6.82. The second-order valence-electron chi connectivity index (χ2n) is 4.68. The molecule has 2 atom stereocenters. The molecule has 0 saturated carbocycles. The Hall–Kier alpha value is -2.26. The van der Waals surface area contributed by atoms with Crippen molar-refractivity contribution in [3.05, 3.63) is 23.8 Å². The predicted octanol–water partition coefficient (Wildman–Crippen LogP) is 1.97. The summed E-state index contributed by atoms with van der Waals surface area (Å²) in [6.07, 6.45) is 0.161. The van der Waals surface area contributed by atoms with Crippen LogP contribution in [0.3, 0.4) is 0 Å². The van der Waals surface area contributed by atoms with Gasteiger partial charge >= 0.3 is 5.97 Å². The van der Waals surface area contributed by atoms with Crippen molar-refractivity contribution >= 4 is 5.97 Å². The maximum atomic E-state index is 10.8. The number of aliphatic carboxylic acids is 1. The second kappa shape index (κ2) is 6.95. The molecule has 1 aliphatic rings. The topological polar surface area (TPSA) is 88.8 Å². The molecule has 0 amide bonds. The summed E-state index contributed by atoms with van der Waals surface area (Å²) in [5.74, 6) is 0.0911. The summed E-state index contributed by atoms with van der Waals surface area (Å²) in [7, 11) is 0. The Morgan fingerprint density at radius 1 is 1.43 bits per heavy atom. The van der Waals surface area contributed by atoms with E-state index in [0.29, 0.717) is 36.5 Å². The van der Waals surface area contributed by atoms with Crippen LogP contribution in [-0.4, -0.2) is 36.5 Å². The lowest BCUT2D eigenvalue weighted by molar-refractivity contribution is -0.149. The number of benzene rings is 1. The van der Waals surface area contributed by atoms with Crippen LogP contribution < -0.4 is 9.47 Å². The van der Waals surface area contributed by atoms with E-state index in [9.17, 15) is 4.79 Å². The molecule has 0 aliphatic carbocycles. The molecule has 2 unspecified atom stereocenters. The van der Waals surface area contributed by atoms with Gasteiger partial charge in [-0.1, -0.05) is 0 Å². The Balaban J connectivity index is 1.97. The highest BCUT2D eigenvalue weighted by molar-refractivity contribution is 5.72. The number of rotatable bonds is 6. The molecule has 1 fully saturated rings. The summed E-state index contributed by atoms with van der Waals surface area (Å²) in [4.78, 5) is 10.8. The van der Waals surface area contributed by atoms with Gasteiger partial charge in [0, 0.05) is 6.07 Å². The normalized spacial score (nSPS) is 20.8. The summed E-state index contributed by atoms with van der Waals surface area (Å²) in [5, 5.41) is 17.8. The summed E-state index contributed by atoms with van der Waals surface area (Å²) in [6.45, 7) is 2.57.